The molecule has 1 aromatic heterocycles. The molecule has 0 bridgehead atoms. The summed E-state index contributed by atoms with van der Waals surface area (Å²) in [7, 11) is 1.36. The summed E-state index contributed by atoms with van der Waals surface area (Å²) in [6, 6.07) is -0.396. The summed E-state index contributed by atoms with van der Waals surface area (Å²) >= 11 is 5.71. The van der Waals surface area contributed by atoms with Crippen LogP contribution in [0.25, 0.3) is 0 Å². The van der Waals surface area contributed by atoms with Gasteiger partial charge in [-0.3, -0.25) is 4.68 Å². The summed E-state index contributed by atoms with van der Waals surface area (Å²) < 4.78 is 38.6. The molecule has 0 aliphatic rings. The second-order valence-electron chi connectivity index (χ2n) is 3.42. The van der Waals surface area contributed by atoms with Crippen molar-refractivity contribution in [2.24, 2.45) is 12.8 Å². The summed E-state index contributed by atoms with van der Waals surface area (Å²) in [5.41, 5.74) is 4.46. The topological polar surface area (TPSA) is 43.8 Å². The first-order valence-corrected chi connectivity index (χ1v) is 4.65. The van der Waals surface area contributed by atoms with Crippen molar-refractivity contribution in [3.63, 3.8) is 0 Å². The minimum Gasteiger partial charge on any atom is -0.328 e. The van der Waals surface area contributed by atoms with Gasteiger partial charge in [0.1, 0.15) is 5.15 Å². The molecule has 1 atom stereocenters. The van der Waals surface area contributed by atoms with Gasteiger partial charge in [-0.2, -0.15) is 18.3 Å². The quantitative estimate of drug-likeness (QED) is 0.861. The van der Waals surface area contributed by atoms with Crippen molar-refractivity contribution in [3.8, 4) is 0 Å². The summed E-state index contributed by atoms with van der Waals surface area (Å²) in [6.07, 6.45) is -4.43. The largest absolute Gasteiger partial charge is 0.435 e. The fraction of sp³-hybridized carbons (Fsp3) is 0.625. The molecular formula is C8H11ClF3N3. The van der Waals surface area contributed by atoms with Crippen LogP contribution in [0.1, 0.15) is 18.2 Å². The van der Waals surface area contributed by atoms with Gasteiger partial charge < -0.3 is 5.73 Å². The average molecular weight is 242 g/mol. The van der Waals surface area contributed by atoms with Crippen molar-refractivity contribution in [2.45, 2.75) is 25.6 Å². The zero-order valence-electron chi connectivity index (χ0n) is 8.27. The SMILES string of the molecule is C[C@@H](N)Cc1c(C(F)(F)F)nn(C)c1Cl. The van der Waals surface area contributed by atoms with Crippen LogP contribution in [0.5, 0.6) is 0 Å². The van der Waals surface area contributed by atoms with Crippen molar-refractivity contribution < 1.29 is 13.2 Å². The lowest BCUT2D eigenvalue weighted by Gasteiger charge is -2.08. The predicted molar refractivity (Wildman–Crippen MR) is 50.6 cm³/mol. The van der Waals surface area contributed by atoms with Crippen LogP contribution in [-0.4, -0.2) is 15.8 Å². The van der Waals surface area contributed by atoms with Gasteiger partial charge in [-0.15, -0.1) is 0 Å². The Kier molecular flexibility index (Phi) is 3.30. The summed E-state index contributed by atoms with van der Waals surface area (Å²) in [4.78, 5) is 0. The van der Waals surface area contributed by atoms with Crippen LogP contribution in [0, 0.1) is 0 Å². The van der Waals surface area contributed by atoms with Crippen LogP contribution < -0.4 is 5.73 Å². The maximum Gasteiger partial charge on any atom is 0.435 e. The third-order valence-electron chi connectivity index (χ3n) is 1.86. The first-order valence-electron chi connectivity index (χ1n) is 4.27. The molecule has 0 unspecified atom stereocenters. The molecule has 0 aliphatic carbocycles. The van der Waals surface area contributed by atoms with E-state index in [1.165, 1.54) is 7.05 Å². The van der Waals surface area contributed by atoms with E-state index in [1.807, 2.05) is 0 Å². The van der Waals surface area contributed by atoms with Crippen LogP contribution in [0.3, 0.4) is 0 Å². The molecule has 2 N–H and O–H groups in total. The molecule has 0 aliphatic heterocycles. The molecule has 0 radical (unpaired) electrons. The minimum absolute atomic E-state index is 0.0142. The highest BCUT2D eigenvalue weighted by molar-refractivity contribution is 6.30. The van der Waals surface area contributed by atoms with E-state index in [2.05, 4.69) is 5.10 Å². The molecule has 7 heteroatoms. The molecule has 0 fully saturated rings. The second kappa shape index (κ2) is 4.02. The molecule has 0 spiro atoms. The molecule has 1 rings (SSSR count). The third-order valence-corrected chi connectivity index (χ3v) is 2.34. The molecule has 0 saturated carbocycles. The van der Waals surface area contributed by atoms with E-state index < -0.39 is 17.9 Å². The maximum atomic E-state index is 12.5. The number of aryl methyl sites for hydroxylation is 1. The van der Waals surface area contributed by atoms with Crippen LogP contribution in [0.2, 0.25) is 5.15 Å². The van der Waals surface area contributed by atoms with Crippen LogP contribution in [0.15, 0.2) is 0 Å². The number of rotatable bonds is 2. The Morgan fingerprint density at radius 1 is 1.53 bits per heavy atom. The highest BCUT2D eigenvalue weighted by Crippen LogP contribution is 2.34. The minimum atomic E-state index is -4.49. The van der Waals surface area contributed by atoms with Gasteiger partial charge in [0, 0.05) is 18.7 Å². The zero-order chi connectivity index (χ0) is 11.8. The van der Waals surface area contributed by atoms with E-state index in [0.29, 0.717) is 0 Å². The van der Waals surface area contributed by atoms with Gasteiger partial charge in [-0.25, -0.2) is 0 Å². The number of nitrogens with zero attached hydrogens (tertiary/aromatic N) is 2. The standard InChI is InChI=1S/C8H11ClF3N3/c1-4(13)3-5-6(8(10,11)12)14-15(2)7(5)9/h4H,3,13H2,1-2H3/t4-/m1/s1. The highest BCUT2D eigenvalue weighted by atomic mass is 35.5. The molecule has 0 amide bonds. The summed E-state index contributed by atoms with van der Waals surface area (Å²) in [5, 5.41) is 3.32. The molecule has 86 valence electrons. The lowest BCUT2D eigenvalue weighted by atomic mass is 10.1. The van der Waals surface area contributed by atoms with Crippen molar-refractivity contribution in [1.29, 1.82) is 0 Å². The Morgan fingerprint density at radius 3 is 2.47 bits per heavy atom. The maximum absolute atomic E-state index is 12.5. The molecule has 0 saturated heterocycles. The van der Waals surface area contributed by atoms with Crippen LogP contribution >= 0.6 is 11.6 Å². The number of aromatic nitrogens is 2. The van der Waals surface area contributed by atoms with Gasteiger partial charge in [0.15, 0.2) is 5.69 Å². The van der Waals surface area contributed by atoms with E-state index >= 15 is 0 Å². The lowest BCUT2D eigenvalue weighted by Crippen LogP contribution is -2.20. The van der Waals surface area contributed by atoms with Gasteiger partial charge >= 0.3 is 6.18 Å². The number of nitrogens with two attached hydrogens (primary N) is 1. The molecule has 1 heterocycles. The molecule has 3 nitrogen and oxygen atoms in total. The fourth-order valence-electron chi connectivity index (χ4n) is 1.28. The van der Waals surface area contributed by atoms with E-state index in [1.54, 1.807) is 6.92 Å². The number of alkyl halides is 3. The van der Waals surface area contributed by atoms with Gasteiger partial charge in [0.2, 0.25) is 0 Å². The molecule has 1 aromatic rings. The second-order valence-corrected chi connectivity index (χ2v) is 3.78. The summed E-state index contributed by atoms with van der Waals surface area (Å²) in [5.74, 6) is 0. The third kappa shape index (κ3) is 2.63. The van der Waals surface area contributed by atoms with Crippen LogP contribution in [0.4, 0.5) is 13.2 Å². The Morgan fingerprint density at radius 2 is 2.07 bits per heavy atom. The lowest BCUT2D eigenvalue weighted by molar-refractivity contribution is -0.142. The predicted octanol–water partition coefficient (Wildman–Crippen LogP) is 1.98. The number of halogens is 4. The zero-order valence-corrected chi connectivity index (χ0v) is 9.02. The van der Waals surface area contributed by atoms with E-state index in [-0.39, 0.29) is 17.1 Å². The van der Waals surface area contributed by atoms with Crippen molar-refractivity contribution in [2.75, 3.05) is 0 Å². The van der Waals surface area contributed by atoms with Crippen molar-refractivity contribution >= 4 is 11.6 Å². The Balaban J connectivity index is 3.21. The van der Waals surface area contributed by atoms with Crippen LogP contribution in [-0.2, 0) is 19.6 Å². The Bertz CT molecular complexity index is 357. The van der Waals surface area contributed by atoms with Gasteiger partial charge in [0.25, 0.3) is 0 Å². The molecular weight excluding hydrogens is 231 g/mol. The van der Waals surface area contributed by atoms with Gasteiger partial charge in [-0.1, -0.05) is 11.6 Å². The smallest absolute Gasteiger partial charge is 0.328 e. The first-order chi connectivity index (χ1) is 6.73. The van der Waals surface area contributed by atoms with Gasteiger partial charge in [-0.05, 0) is 13.3 Å². The first kappa shape index (κ1) is 12.3. The summed E-state index contributed by atoms with van der Waals surface area (Å²) in [6.45, 7) is 1.61. The monoisotopic (exact) mass is 241 g/mol. The normalized spacial score (nSPS) is 14.3. The Labute approximate surface area is 90.0 Å². The number of hydrogen-bond donors (Lipinski definition) is 1. The van der Waals surface area contributed by atoms with Crippen molar-refractivity contribution in [3.05, 3.63) is 16.4 Å². The molecule has 15 heavy (non-hydrogen) atoms. The number of hydrogen-bond acceptors (Lipinski definition) is 2. The fourth-order valence-corrected chi connectivity index (χ4v) is 1.48. The van der Waals surface area contributed by atoms with E-state index in [9.17, 15) is 13.2 Å². The van der Waals surface area contributed by atoms with E-state index in [4.69, 9.17) is 17.3 Å². The highest BCUT2D eigenvalue weighted by Gasteiger charge is 2.38. The average Bonchev–Trinajstić information content (AvgIpc) is 2.30. The Hall–Kier alpha value is -0.750. The van der Waals surface area contributed by atoms with E-state index in [0.717, 1.165) is 4.68 Å². The van der Waals surface area contributed by atoms with Crippen molar-refractivity contribution in [1.82, 2.24) is 9.78 Å². The van der Waals surface area contributed by atoms with Gasteiger partial charge in [0.05, 0.1) is 0 Å². The molecule has 0 aromatic carbocycles.